The topological polar surface area (TPSA) is 29.1 Å². The van der Waals surface area contributed by atoms with Crippen molar-refractivity contribution in [1.82, 2.24) is 0 Å². The number of amides is 1. The molecule has 0 bridgehead atoms. The molecule has 2 nitrogen and oxygen atoms in total. The van der Waals surface area contributed by atoms with E-state index in [2.05, 4.69) is 5.32 Å². The number of halogens is 1. The number of benzene rings is 1. The van der Waals surface area contributed by atoms with Crippen LogP contribution in [0.25, 0.3) is 0 Å². The third kappa shape index (κ3) is 3.39. The SMILES string of the molecule is Cc1ccc(NC(=O)C2CCSCC2)cc1Cl. The van der Waals surface area contributed by atoms with Gasteiger partial charge in [0, 0.05) is 16.6 Å². The second-order valence-corrected chi connectivity index (χ2v) is 5.97. The Morgan fingerprint density at radius 3 is 2.76 bits per heavy atom. The molecule has 1 amide bonds. The van der Waals surface area contributed by atoms with Gasteiger partial charge in [-0.15, -0.1) is 0 Å². The van der Waals surface area contributed by atoms with Gasteiger partial charge in [0.05, 0.1) is 0 Å². The summed E-state index contributed by atoms with van der Waals surface area (Å²) in [6.07, 6.45) is 1.96. The first-order valence-electron chi connectivity index (χ1n) is 5.81. The minimum absolute atomic E-state index is 0.130. The van der Waals surface area contributed by atoms with Gasteiger partial charge >= 0.3 is 0 Å². The summed E-state index contributed by atoms with van der Waals surface area (Å²) in [6, 6.07) is 5.64. The predicted molar refractivity (Wildman–Crippen MR) is 74.9 cm³/mol. The van der Waals surface area contributed by atoms with Crippen LogP contribution in [0.1, 0.15) is 18.4 Å². The number of carbonyl (C=O) groups is 1. The average Bonchev–Trinajstić information content (AvgIpc) is 2.35. The maximum Gasteiger partial charge on any atom is 0.227 e. The van der Waals surface area contributed by atoms with Crippen molar-refractivity contribution in [3.8, 4) is 0 Å². The number of carbonyl (C=O) groups excluding carboxylic acids is 1. The first kappa shape index (κ1) is 12.8. The van der Waals surface area contributed by atoms with Crippen LogP contribution in [0.2, 0.25) is 5.02 Å². The number of anilines is 1. The Morgan fingerprint density at radius 1 is 1.41 bits per heavy atom. The normalized spacial score (nSPS) is 16.8. The van der Waals surface area contributed by atoms with Gasteiger partial charge in [0.15, 0.2) is 0 Å². The lowest BCUT2D eigenvalue weighted by atomic mass is 10.0. The van der Waals surface area contributed by atoms with Crippen LogP contribution in [0.5, 0.6) is 0 Å². The quantitative estimate of drug-likeness (QED) is 0.886. The smallest absolute Gasteiger partial charge is 0.227 e. The Kier molecular flexibility index (Phi) is 4.35. The highest BCUT2D eigenvalue weighted by Crippen LogP contribution is 2.25. The minimum atomic E-state index is 0.130. The molecule has 1 heterocycles. The Hall–Kier alpha value is -0.670. The van der Waals surface area contributed by atoms with Crippen LogP contribution in [0, 0.1) is 12.8 Å². The van der Waals surface area contributed by atoms with E-state index in [1.54, 1.807) is 0 Å². The fraction of sp³-hybridized carbons (Fsp3) is 0.462. The molecule has 0 aromatic heterocycles. The van der Waals surface area contributed by atoms with Crippen molar-refractivity contribution in [3.05, 3.63) is 28.8 Å². The first-order chi connectivity index (χ1) is 8.16. The summed E-state index contributed by atoms with van der Waals surface area (Å²) in [6.45, 7) is 1.95. The Morgan fingerprint density at radius 2 is 2.12 bits per heavy atom. The van der Waals surface area contributed by atoms with Gasteiger partial charge in [-0.05, 0) is 49.0 Å². The lowest BCUT2D eigenvalue weighted by Crippen LogP contribution is -2.26. The van der Waals surface area contributed by atoms with E-state index in [9.17, 15) is 4.79 Å². The number of nitrogens with one attached hydrogen (secondary N) is 1. The van der Waals surface area contributed by atoms with Crippen LogP contribution >= 0.6 is 23.4 Å². The standard InChI is InChI=1S/C13H16ClNOS/c1-9-2-3-11(8-12(9)14)15-13(16)10-4-6-17-7-5-10/h2-3,8,10H,4-7H2,1H3,(H,15,16). The van der Waals surface area contributed by atoms with E-state index in [1.807, 2.05) is 36.9 Å². The van der Waals surface area contributed by atoms with Crippen LogP contribution in [0.3, 0.4) is 0 Å². The number of rotatable bonds is 2. The highest BCUT2D eigenvalue weighted by Gasteiger charge is 2.21. The molecule has 2 rings (SSSR count). The zero-order valence-electron chi connectivity index (χ0n) is 9.83. The summed E-state index contributed by atoms with van der Waals surface area (Å²) in [5.41, 5.74) is 1.82. The third-order valence-electron chi connectivity index (χ3n) is 3.03. The molecule has 17 heavy (non-hydrogen) atoms. The van der Waals surface area contributed by atoms with E-state index in [0.29, 0.717) is 5.02 Å². The van der Waals surface area contributed by atoms with E-state index < -0.39 is 0 Å². The largest absolute Gasteiger partial charge is 0.326 e. The van der Waals surface area contributed by atoms with E-state index in [1.165, 1.54) is 0 Å². The molecule has 1 N–H and O–H groups in total. The molecule has 0 saturated carbocycles. The summed E-state index contributed by atoms with van der Waals surface area (Å²) in [5, 5.41) is 3.64. The van der Waals surface area contributed by atoms with Gasteiger partial charge in [-0.25, -0.2) is 0 Å². The fourth-order valence-corrected chi connectivity index (χ4v) is 3.16. The zero-order valence-corrected chi connectivity index (χ0v) is 11.4. The molecule has 0 aliphatic carbocycles. The summed E-state index contributed by atoms with van der Waals surface area (Å²) in [5.74, 6) is 2.47. The van der Waals surface area contributed by atoms with Gasteiger partial charge in [-0.3, -0.25) is 4.79 Å². The Labute approximate surface area is 111 Å². The Balaban J connectivity index is 1.99. The van der Waals surface area contributed by atoms with Crippen molar-refractivity contribution >= 4 is 35.0 Å². The molecule has 1 saturated heterocycles. The number of thioether (sulfide) groups is 1. The van der Waals surface area contributed by atoms with Gasteiger partial charge in [-0.2, -0.15) is 11.8 Å². The number of hydrogen-bond donors (Lipinski definition) is 1. The summed E-state index contributed by atoms with van der Waals surface area (Å²) in [7, 11) is 0. The second-order valence-electron chi connectivity index (χ2n) is 4.34. The minimum Gasteiger partial charge on any atom is -0.326 e. The highest BCUT2D eigenvalue weighted by atomic mass is 35.5. The van der Waals surface area contributed by atoms with Crippen molar-refractivity contribution < 1.29 is 4.79 Å². The van der Waals surface area contributed by atoms with Crippen LogP contribution in [0.4, 0.5) is 5.69 Å². The van der Waals surface area contributed by atoms with Crippen LogP contribution < -0.4 is 5.32 Å². The van der Waals surface area contributed by atoms with Gasteiger partial charge in [0.1, 0.15) is 0 Å². The average molecular weight is 270 g/mol. The third-order valence-corrected chi connectivity index (χ3v) is 4.49. The van der Waals surface area contributed by atoms with Gasteiger partial charge in [-0.1, -0.05) is 17.7 Å². The molecule has 1 aliphatic rings. The van der Waals surface area contributed by atoms with Crippen LogP contribution in [0.15, 0.2) is 18.2 Å². The van der Waals surface area contributed by atoms with Crippen molar-refractivity contribution in [3.63, 3.8) is 0 Å². The van der Waals surface area contributed by atoms with Crippen molar-refractivity contribution in [2.24, 2.45) is 5.92 Å². The second kappa shape index (κ2) is 5.78. The molecular formula is C13H16ClNOS. The molecular weight excluding hydrogens is 254 g/mol. The van der Waals surface area contributed by atoms with Gasteiger partial charge in [0.25, 0.3) is 0 Å². The molecule has 1 aromatic rings. The van der Waals surface area contributed by atoms with Crippen LogP contribution in [-0.2, 0) is 4.79 Å². The fourth-order valence-electron chi connectivity index (χ4n) is 1.87. The molecule has 1 aromatic carbocycles. The molecule has 4 heteroatoms. The van der Waals surface area contributed by atoms with Crippen molar-refractivity contribution in [2.75, 3.05) is 16.8 Å². The van der Waals surface area contributed by atoms with E-state index >= 15 is 0 Å². The monoisotopic (exact) mass is 269 g/mol. The maximum atomic E-state index is 12.0. The van der Waals surface area contributed by atoms with E-state index in [4.69, 9.17) is 11.6 Å². The Bertz CT molecular complexity index is 416. The van der Waals surface area contributed by atoms with Crippen molar-refractivity contribution in [1.29, 1.82) is 0 Å². The summed E-state index contributed by atoms with van der Waals surface area (Å²) < 4.78 is 0. The zero-order chi connectivity index (χ0) is 12.3. The molecule has 0 radical (unpaired) electrons. The van der Waals surface area contributed by atoms with Gasteiger partial charge in [0.2, 0.25) is 5.91 Å². The predicted octanol–water partition coefficient (Wildman–Crippen LogP) is 3.73. The van der Waals surface area contributed by atoms with E-state index in [0.717, 1.165) is 35.6 Å². The first-order valence-corrected chi connectivity index (χ1v) is 7.35. The van der Waals surface area contributed by atoms with E-state index in [-0.39, 0.29) is 11.8 Å². The van der Waals surface area contributed by atoms with Gasteiger partial charge < -0.3 is 5.32 Å². The lowest BCUT2D eigenvalue weighted by Gasteiger charge is -2.20. The lowest BCUT2D eigenvalue weighted by molar-refractivity contribution is -0.120. The summed E-state index contributed by atoms with van der Waals surface area (Å²) in [4.78, 5) is 12.0. The van der Waals surface area contributed by atoms with Crippen molar-refractivity contribution in [2.45, 2.75) is 19.8 Å². The molecule has 1 aliphatic heterocycles. The number of hydrogen-bond acceptors (Lipinski definition) is 2. The molecule has 0 spiro atoms. The summed E-state index contributed by atoms with van der Waals surface area (Å²) >= 11 is 7.95. The highest BCUT2D eigenvalue weighted by molar-refractivity contribution is 7.99. The molecule has 92 valence electrons. The molecule has 0 unspecified atom stereocenters. The molecule has 0 atom stereocenters. The van der Waals surface area contributed by atoms with Crippen LogP contribution in [-0.4, -0.2) is 17.4 Å². The molecule has 1 fully saturated rings. The number of aryl methyl sites for hydroxylation is 1. The maximum absolute atomic E-state index is 12.0.